The summed E-state index contributed by atoms with van der Waals surface area (Å²) >= 11 is 1.65. The lowest BCUT2D eigenvalue weighted by Crippen LogP contribution is -2.37. The van der Waals surface area contributed by atoms with Gasteiger partial charge in [-0.2, -0.15) is 11.3 Å². The first-order valence-electron chi connectivity index (χ1n) is 7.43. The standard InChI is InChI=1S/C18H21NO2S/c1-17(2)12-18(17,14-4-6-15(21-3)7-5-14)16(20)19-10-13-8-9-22-11-13/h4-9,11H,10,12H2,1-3H3,(H,19,20)/t18-/m0/s1. The number of carbonyl (C=O) groups is 1. The SMILES string of the molecule is COc1ccc([C@]2(C(=O)NCc3ccsc3)CC2(C)C)cc1. The molecule has 1 saturated carbocycles. The molecule has 0 aliphatic heterocycles. The highest BCUT2D eigenvalue weighted by atomic mass is 32.1. The van der Waals surface area contributed by atoms with Gasteiger partial charge in [0.15, 0.2) is 0 Å². The average molecular weight is 315 g/mol. The zero-order valence-corrected chi connectivity index (χ0v) is 14.0. The number of nitrogens with one attached hydrogen (secondary N) is 1. The van der Waals surface area contributed by atoms with Gasteiger partial charge in [-0.1, -0.05) is 26.0 Å². The smallest absolute Gasteiger partial charge is 0.231 e. The predicted molar refractivity (Wildman–Crippen MR) is 89.2 cm³/mol. The molecule has 0 bridgehead atoms. The Labute approximate surface area is 135 Å². The highest BCUT2D eigenvalue weighted by Crippen LogP contribution is 2.64. The molecule has 3 rings (SSSR count). The van der Waals surface area contributed by atoms with E-state index in [2.05, 4.69) is 24.5 Å². The number of methoxy groups -OCH3 is 1. The summed E-state index contributed by atoms with van der Waals surface area (Å²) < 4.78 is 5.21. The molecule has 0 spiro atoms. The fraction of sp³-hybridized carbons (Fsp3) is 0.389. The molecule has 1 fully saturated rings. The van der Waals surface area contributed by atoms with Crippen molar-refractivity contribution < 1.29 is 9.53 Å². The molecule has 1 atom stereocenters. The summed E-state index contributed by atoms with van der Waals surface area (Å²) in [5, 5.41) is 7.20. The topological polar surface area (TPSA) is 38.3 Å². The molecule has 1 aromatic carbocycles. The van der Waals surface area contributed by atoms with Gasteiger partial charge in [0.25, 0.3) is 0 Å². The molecule has 1 aliphatic rings. The summed E-state index contributed by atoms with van der Waals surface area (Å²) in [4.78, 5) is 12.9. The zero-order valence-electron chi connectivity index (χ0n) is 13.2. The van der Waals surface area contributed by atoms with Gasteiger partial charge in [-0.15, -0.1) is 0 Å². The number of hydrogen-bond acceptors (Lipinski definition) is 3. The molecule has 1 heterocycles. The minimum Gasteiger partial charge on any atom is -0.497 e. The van der Waals surface area contributed by atoms with Gasteiger partial charge in [0.2, 0.25) is 5.91 Å². The van der Waals surface area contributed by atoms with Crippen LogP contribution in [0.2, 0.25) is 0 Å². The van der Waals surface area contributed by atoms with E-state index in [0.29, 0.717) is 6.54 Å². The van der Waals surface area contributed by atoms with Gasteiger partial charge in [0.1, 0.15) is 5.75 Å². The monoisotopic (exact) mass is 315 g/mol. The predicted octanol–water partition coefficient (Wildman–Crippen LogP) is 3.74. The highest BCUT2D eigenvalue weighted by molar-refractivity contribution is 7.07. The maximum absolute atomic E-state index is 12.9. The zero-order chi connectivity index (χ0) is 15.8. The van der Waals surface area contributed by atoms with Crippen LogP contribution in [0.5, 0.6) is 5.75 Å². The Balaban J connectivity index is 1.81. The molecule has 1 aliphatic carbocycles. The van der Waals surface area contributed by atoms with Crippen LogP contribution in [-0.2, 0) is 16.8 Å². The van der Waals surface area contributed by atoms with Gasteiger partial charge >= 0.3 is 0 Å². The molecule has 1 N–H and O–H groups in total. The first-order valence-corrected chi connectivity index (χ1v) is 8.38. The van der Waals surface area contributed by atoms with Crippen LogP contribution in [0.15, 0.2) is 41.1 Å². The Morgan fingerprint density at radius 1 is 1.27 bits per heavy atom. The number of rotatable bonds is 5. The summed E-state index contributed by atoms with van der Waals surface area (Å²) in [6, 6.07) is 9.92. The lowest BCUT2D eigenvalue weighted by Gasteiger charge is -2.21. The molecule has 4 heteroatoms. The fourth-order valence-electron chi connectivity index (χ4n) is 3.23. The summed E-state index contributed by atoms with van der Waals surface area (Å²) in [5.74, 6) is 0.935. The lowest BCUT2D eigenvalue weighted by molar-refractivity contribution is -0.124. The van der Waals surface area contributed by atoms with Crippen molar-refractivity contribution in [1.82, 2.24) is 5.32 Å². The maximum atomic E-state index is 12.9. The Hall–Kier alpha value is -1.81. The number of carbonyl (C=O) groups excluding carboxylic acids is 1. The molecule has 1 amide bonds. The van der Waals surface area contributed by atoms with Crippen LogP contribution < -0.4 is 10.1 Å². The summed E-state index contributed by atoms with van der Waals surface area (Å²) in [6.45, 7) is 4.90. The molecule has 116 valence electrons. The van der Waals surface area contributed by atoms with Gasteiger partial charge in [-0.3, -0.25) is 4.79 Å². The van der Waals surface area contributed by atoms with E-state index < -0.39 is 5.41 Å². The summed E-state index contributed by atoms with van der Waals surface area (Å²) in [5.41, 5.74) is 1.79. The molecule has 2 aromatic rings. The van der Waals surface area contributed by atoms with Crippen LogP contribution in [-0.4, -0.2) is 13.0 Å². The number of thiophene rings is 1. The molecular formula is C18H21NO2S. The van der Waals surface area contributed by atoms with E-state index in [1.807, 2.05) is 35.7 Å². The van der Waals surface area contributed by atoms with E-state index in [1.165, 1.54) is 0 Å². The van der Waals surface area contributed by atoms with Crippen LogP contribution in [0, 0.1) is 5.41 Å². The second kappa shape index (κ2) is 5.43. The minimum absolute atomic E-state index is 0.0136. The molecule has 3 nitrogen and oxygen atoms in total. The van der Waals surface area contributed by atoms with Gasteiger partial charge in [0, 0.05) is 6.54 Å². The molecular weight excluding hydrogens is 294 g/mol. The van der Waals surface area contributed by atoms with Crippen molar-refractivity contribution in [3.8, 4) is 5.75 Å². The van der Waals surface area contributed by atoms with Crippen LogP contribution in [0.25, 0.3) is 0 Å². The third-order valence-corrected chi connectivity index (χ3v) is 5.47. The van der Waals surface area contributed by atoms with Crippen molar-refractivity contribution in [3.05, 3.63) is 52.2 Å². The molecule has 0 unspecified atom stereocenters. The van der Waals surface area contributed by atoms with Gasteiger partial charge in [-0.05, 0) is 51.9 Å². The third kappa shape index (κ3) is 2.41. The van der Waals surface area contributed by atoms with Gasteiger partial charge in [-0.25, -0.2) is 0 Å². The molecule has 0 radical (unpaired) electrons. The Morgan fingerprint density at radius 2 is 1.95 bits per heavy atom. The van der Waals surface area contributed by atoms with E-state index in [9.17, 15) is 4.79 Å². The second-order valence-electron chi connectivity index (χ2n) is 6.51. The van der Waals surface area contributed by atoms with Crippen LogP contribution in [0.3, 0.4) is 0 Å². The van der Waals surface area contributed by atoms with E-state index in [1.54, 1.807) is 18.4 Å². The van der Waals surface area contributed by atoms with E-state index in [4.69, 9.17) is 4.74 Å². The number of ether oxygens (including phenoxy) is 1. The molecule has 1 aromatic heterocycles. The Morgan fingerprint density at radius 3 is 2.45 bits per heavy atom. The summed E-state index contributed by atoms with van der Waals surface area (Å²) in [6.07, 6.45) is 0.877. The fourth-order valence-corrected chi connectivity index (χ4v) is 3.90. The third-order valence-electron chi connectivity index (χ3n) is 4.74. The average Bonchev–Trinajstić information content (AvgIpc) is 2.90. The number of amides is 1. The first kappa shape index (κ1) is 15.1. The molecule has 22 heavy (non-hydrogen) atoms. The van der Waals surface area contributed by atoms with Crippen molar-refractivity contribution in [1.29, 1.82) is 0 Å². The van der Waals surface area contributed by atoms with Crippen LogP contribution in [0.4, 0.5) is 0 Å². The maximum Gasteiger partial charge on any atom is 0.231 e. The Bertz CT molecular complexity index is 661. The number of benzene rings is 1. The normalized spacial score (nSPS) is 22.1. The lowest BCUT2D eigenvalue weighted by atomic mass is 9.87. The second-order valence-corrected chi connectivity index (χ2v) is 7.29. The van der Waals surface area contributed by atoms with Crippen molar-refractivity contribution in [3.63, 3.8) is 0 Å². The van der Waals surface area contributed by atoms with Gasteiger partial charge < -0.3 is 10.1 Å². The highest BCUT2D eigenvalue weighted by Gasteiger charge is 2.66. The number of hydrogen-bond donors (Lipinski definition) is 1. The van der Waals surface area contributed by atoms with Crippen molar-refractivity contribution in [2.45, 2.75) is 32.2 Å². The Kier molecular flexibility index (Phi) is 3.73. The van der Waals surface area contributed by atoms with Crippen LogP contribution in [0.1, 0.15) is 31.4 Å². The van der Waals surface area contributed by atoms with Crippen molar-refractivity contribution in [2.24, 2.45) is 5.41 Å². The molecule has 0 saturated heterocycles. The van der Waals surface area contributed by atoms with Crippen molar-refractivity contribution >= 4 is 17.2 Å². The van der Waals surface area contributed by atoms with Crippen LogP contribution >= 0.6 is 11.3 Å². The van der Waals surface area contributed by atoms with E-state index in [0.717, 1.165) is 23.3 Å². The van der Waals surface area contributed by atoms with Crippen molar-refractivity contribution in [2.75, 3.05) is 7.11 Å². The summed E-state index contributed by atoms with van der Waals surface area (Å²) in [7, 11) is 1.65. The largest absolute Gasteiger partial charge is 0.497 e. The van der Waals surface area contributed by atoms with E-state index in [-0.39, 0.29) is 11.3 Å². The van der Waals surface area contributed by atoms with E-state index >= 15 is 0 Å². The first-order chi connectivity index (χ1) is 10.5. The van der Waals surface area contributed by atoms with Gasteiger partial charge in [0.05, 0.1) is 12.5 Å². The minimum atomic E-state index is -0.421. The quantitative estimate of drug-likeness (QED) is 0.913.